The van der Waals surface area contributed by atoms with Crippen LogP contribution in [0.4, 0.5) is 5.82 Å². The molecule has 2 aromatic heterocycles. The van der Waals surface area contributed by atoms with Crippen LogP contribution in [0.1, 0.15) is 50.4 Å². The van der Waals surface area contributed by atoms with E-state index in [0.29, 0.717) is 39.1 Å². The van der Waals surface area contributed by atoms with Gasteiger partial charge < -0.3 is 14.9 Å². The highest BCUT2D eigenvalue weighted by Crippen LogP contribution is 2.35. The first-order valence-corrected chi connectivity index (χ1v) is 13.3. The van der Waals surface area contributed by atoms with E-state index in [1.165, 1.54) is 12.8 Å². The van der Waals surface area contributed by atoms with E-state index in [-0.39, 0.29) is 18.3 Å². The van der Waals surface area contributed by atoms with Crippen molar-refractivity contribution in [3.8, 4) is 6.07 Å². The van der Waals surface area contributed by atoms with E-state index in [4.69, 9.17) is 28.2 Å². The van der Waals surface area contributed by atoms with E-state index in [1.54, 1.807) is 23.0 Å². The average Bonchev–Trinajstić information content (AvgIpc) is 3.21. The second-order valence-corrected chi connectivity index (χ2v) is 10.9. The van der Waals surface area contributed by atoms with Crippen LogP contribution in [-0.4, -0.2) is 68.6 Å². The van der Waals surface area contributed by atoms with Crippen LogP contribution in [0.15, 0.2) is 24.4 Å². The van der Waals surface area contributed by atoms with Crippen LogP contribution >= 0.6 is 23.2 Å². The minimum Gasteiger partial charge on any atom is -0.396 e. The number of hydrogen-bond acceptors (Lipinski definition) is 7. The number of fused-ring (bicyclic) bond motifs is 1. The zero-order valence-electron chi connectivity index (χ0n) is 20.6. The highest BCUT2D eigenvalue weighted by atomic mass is 35.5. The van der Waals surface area contributed by atoms with Crippen molar-refractivity contribution in [1.82, 2.24) is 24.6 Å². The summed E-state index contributed by atoms with van der Waals surface area (Å²) in [5, 5.41) is 24.6. The minimum atomic E-state index is -0.248. The van der Waals surface area contributed by atoms with E-state index >= 15 is 0 Å². The lowest BCUT2D eigenvalue weighted by atomic mass is 9.80. The van der Waals surface area contributed by atoms with Gasteiger partial charge in [0.05, 0.1) is 12.2 Å². The molecular formula is C26H31Cl2N7O. The molecule has 0 spiro atoms. The summed E-state index contributed by atoms with van der Waals surface area (Å²) < 4.78 is 1.73. The lowest BCUT2D eigenvalue weighted by molar-refractivity contribution is 0.0791. The molecule has 10 heteroatoms. The number of nitrogens with zero attached hydrogens (tertiary/aromatic N) is 7. The van der Waals surface area contributed by atoms with Gasteiger partial charge in [0.15, 0.2) is 11.3 Å². The molecule has 36 heavy (non-hydrogen) atoms. The predicted octanol–water partition coefficient (Wildman–Crippen LogP) is 4.53. The third kappa shape index (κ3) is 4.78. The highest BCUT2D eigenvalue weighted by molar-refractivity contribution is 6.35. The fourth-order valence-corrected chi connectivity index (χ4v) is 6.13. The molecule has 3 aromatic rings. The zero-order valence-corrected chi connectivity index (χ0v) is 22.1. The maximum atomic E-state index is 9.64. The van der Waals surface area contributed by atoms with Crippen LogP contribution in [0, 0.1) is 23.2 Å². The Hall–Kier alpha value is -2.44. The number of piperidine rings is 1. The SMILES string of the molecule is CC(CCO)N1CCC[C@@H](C2CN(c3cnc4c(C#N)nn(C(C)c5ccc(Cl)cc5Cl)c4n3)C2)C1. The van der Waals surface area contributed by atoms with Crippen LogP contribution in [0.3, 0.4) is 0 Å². The molecule has 4 heterocycles. The van der Waals surface area contributed by atoms with Crippen LogP contribution in [0.5, 0.6) is 0 Å². The molecule has 3 atom stereocenters. The van der Waals surface area contributed by atoms with Crippen molar-refractivity contribution in [1.29, 1.82) is 5.26 Å². The number of likely N-dealkylation sites (tertiary alicyclic amines) is 1. The van der Waals surface area contributed by atoms with Gasteiger partial charge in [-0.3, -0.25) is 0 Å². The highest BCUT2D eigenvalue weighted by Gasteiger charge is 2.37. The molecule has 1 N–H and O–H groups in total. The topological polar surface area (TPSA) is 94.1 Å². The Kier molecular flexibility index (Phi) is 7.36. The zero-order chi connectivity index (χ0) is 25.4. The van der Waals surface area contributed by atoms with Crippen LogP contribution in [0.2, 0.25) is 10.0 Å². The van der Waals surface area contributed by atoms with Gasteiger partial charge in [0, 0.05) is 42.3 Å². The van der Waals surface area contributed by atoms with Gasteiger partial charge in [-0.2, -0.15) is 10.4 Å². The molecule has 2 unspecified atom stereocenters. The molecule has 2 saturated heterocycles. The molecule has 0 radical (unpaired) electrons. The Labute approximate surface area is 221 Å². The van der Waals surface area contributed by atoms with Crippen molar-refractivity contribution < 1.29 is 5.11 Å². The number of rotatable bonds is 7. The molecule has 2 aliphatic rings. The minimum absolute atomic E-state index is 0.244. The van der Waals surface area contributed by atoms with Crippen molar-refractivity contribution in [3.05, 3.63) is 45.7 Å². The summed E-state index contributed by atoms with van der Waals surface area (Å²) in [5.74, 6) is 2.09. The number of halogens is 2. The summed E-state index contributed by atoms with van der Waals surface area (Å²) in [6.45, 7) is 8.55. The molecule has 1 aromatic carbocycles. The number of aliphatic hydroxyl groups excluding tert-OH is 1. The van der Waals surface area contributed by atoms with Crippen molar-refractivity contribution in [2.75, 3.05) is 37.7 Å². The van der Waals surface area contributed by atoms with Crippen LogP contribution in [-0.2, 0) is 0 Å². The Morgan fingerprint density at radius 2 is 2.00 bits per heavy atom. The molecule has 8 nitrogen and oxygen atoms in total. The summed E-state index contributed by atoms with van der Waals surface area (Å²) in [4.78, 5) is 14.3. The summed E-state index contributed by atoms with van der Waals surface area (Å²) in [5.41, 5.74) is 2.17. The fraction of sp³-hybridized carbons (Fsp3) is 0.538. The summed E-state index contributed by atoms with van der Waals surface area (Å²) in [7, 11) is 0. The summed E-state index contributed by atoms with van der Waals surface area (Å²) in [6, 6.07) is 7.70. The van der Waals surface area contributed by atoms with E-state index in [2.05, 4.69) is 32.9 Å². The number of aromatic nitrogens is 4. The molecule has 2 aliphatic heterocycles. The molecular weight excluding hydrogens is 497 g/mol. The molecule has 0 saturated carbocycles. The number of hydrogen-bond donors (Lipinski definition) is 1. The van der Waals surface area contributed by atoms with Crippen molar-refractivity contribution >= 4 is 40.2 Å². The van der Waals surface area contributed by atoms with Gasteiger partial charge in [-0.05, 0) is 69.2 Å². The lowest BCUT2D eigenvalue weighted by Crippen LogP contribution is -2.54. The van der Waals surface area contributed by atoms with Gasteiger partial charge in [-0.1, -0.05) is 29.3 Å². The number of aliphatic hydroxyl groups is 1. The first-order chi connectivity index (χ1) is 17.4. The molecule has 190 valence electrons. The first kappa shape index (κ1) is 25.2. The fourth-order valence-electron chi connectivity index (χ4n) is 5.56. The van der Waals surface area contributed by atoms with Gasteiger partial charge in [0.2, 0.25) is 0 Å². The van der Waals surface area contributed by atoms with Crippen molar-refractivity contribution in [2.24, 2.45) is 11.8 Å². The molecule has 5 rings (SSSR count). The Morgan fingerprint density at radius 3 is 2.72 bits per heavy atom. The second-order valence-electron chi connectivity index (χ2n) is 10.1. The van der Waals surface area contributed by atoms with E-state index in [9.17, 15) is 10.4 Å². The quantitative estimate of drug-likeness (QED) is 0.482. The van der Waals surface area contributed by atoms with E-state index < -0.39 is 0 Å². The molecule has 2 fully saturated rings. The second kappa shape index (κ2) is 10.5. The number of nitriles is 1. The Morgan fingerprint density at radius 1 is 1.19 bits per heavy atom. The van der Waals surface area contributed by atoms with Gasteiger partial charge in [0.25, 0.3) is 0 Å². The third-order valence-corrected chi connectivity index (χ3v) is 8.40. The molecule has 0 bridgehead atoms. The van der Waals surface area contributed by atoms with Gasteiger partial charge in [-0.25, -0.2) is 14.6 Å². The Bertz CT molecular complexity index is 1280. The monoisotopic (exact) mass is 527 g/mol. The number of benzene rings is 1. The summed E-state index contributed by atoms with van der Waals surface area (Å²) >= 11 is 12.5. The molecule has 0 aliphatic carbocycles. The van der Waals surface area contributed by atoms with Crippen molar-refractivity contribution in [3.63, 3.8) is 0 Å². The van der Waals surface area contributed by atoms with Crippen LogP contribution < -0.4 is 4.90 Å². The smallest absolute Gasteiger partial charge is 0.190 e. The standard InChI is InChI=1S/C26H31Cl2N7O/c1-16(7-9-36)33-8-3-4-18(13-33)19-14-34(15-19)24-12-30-25-23(11-29)32-35(26(25)31-24)17(2)21-6-5-20(27)10-22(21)28/h5-6,10,12,16-19,36H,3-4,7-9,13-15H2,1-2H3/t16?,17?,18-/m1/s1. The number of anilines is 1. The normalized spacial score (nSPS) is 20.8. The van der Waals surface area contributed by atoms with Gasteiger partial charge >= 0.3 is 0 Å². The van der Waals surface area contributed by atoms with Crippen LogP contribution in [0.25, 0.3) is 11.2 Å². The largest absolute Gasteiger partial charge is 0.396 e. The molecule has 0 amide bonds. The maximum Gasteiger partial charge on any atom is 0.190 e. The third-order valence-electron chi connectivity index (χ3n) is 7.84. The maximum absolute atomic E-state index is 9.64. The van der Waals surface area contributed by atoms with E-state index in [0.717, 1.165) is 44.0 Å². The average molecular weight is 528 g/mol. The lowest BCUT2D eigenvalue weighted by Gasteiger charge is -2.48. The van der Waals surface area contributed by atoms with Gasteiger partial charge in [0.1, 0.15) is 17.4 Å². The van der Waals surface area contributed by atoms with Crippen molar-refractivity contribution in [2.45, 2.75) is 45.2 Å². The Balaban J connectivity index is 1.34. The van der Waals surface area contributed by atoms with Gasteiger partial charge in [-0.15, -0.1) is 0 Å². The first-order valence-electron chi connectivity index (χ1n) is 12.6. The predicted molar refractivity (Wildman–Crippen MR) is 141 cm³/mol. The summed E-state index contributed by atoms with van der Waals surface area (Å²) in [6.07, 6.45) is 5.05. The van der Waals surface area contributed by atoms with E-state index in [1.807, 2.05) is 13.0 Å².